The van der Waals surface area contributed by atoms with Crippen molar-refractivity contribution in [2.75, 3.05) is 18.5 Å². The van der Waals surface area contributed by atoms with Crippen LogP contribution in [-0.4, -0.2) is 18.2 Å². The Morgan fingerprint density at radius 2 is 1.67 bits per heavy atom. The predicted molar refractivity (Wildman–Crippen MR) is 102 cm³/mol. The molecule has 4 nitrogen and oxygen atoms in total. The number of rotatable bonds is 6. The highest BCUT2D eigenvalue weighted by molar-refractivity contribution is 9.10. The van der Waals surface area contributed by atoms with E-state index in [1.165, 1.54) is 0 Å². The van der Waals surface area contributed by atoms with E-state index in [1.54, 1.807) is 6.20 Å². The van der Waals surface area contributed by atoms with E-state index in [0.29, 0.717) is 13.2 Å². The topological polar surface area (TPSA) is 43.4 Å². The average molecular weight is 387 g/mol. The Hall–Kier alpha value is -2.27. The van der Waals surface area contributed by atoms with E-state index in [-0.39, 0.29) is 0 Å². The van der Waals surface area contributed by atoms with E-state index in [0.717, 1.165) is 38.2 Å². The summed E-state index contributed by atoms with van der Waals surface area (Å²) in [4.78, 5) is 4.46. The molecule has 0 atom stereocenters. The Balaban J connectivity index is 2.08. The molecular weight excluding hydrogens is 368 g/mol. The molecule has 24 heavy (non-hydrogen) atoms. The highest BCUT2D eigenvalue weighted by Gasteiger charge is 2.11. The first-order valence-electron chi connectivity index (χ1n) is 7.92. The molecule has 0 amide bonds. The predicted octanol–water partition coefficient (Wildman–Crippen LogP) is 5.54. The van der Waals surface area contributed by atoms with Crippen LogP contribution >= 0.6 is 15.9 Å². The van der Waals surface area contributed by atoms with Crippen molar-refractivity contribution >= 4 is 38.2 Å². The van der Waals surface area contributed by atoms with Gasteiger partial charge in [-0.3, -0.25) is 4.98 Å². The van der Waals surface area contributed by atoms with Crippen LogP contribution in [0, 0.1) is 0 Å². The fourth-order valence-electron chi connectivity index (χ4n) is 2.51. The maximum Gasteiger partial charge on any atom is 0.163 e. The first-order chi connectivity index (χ1) is 11.7. The third-order valence-corrected chi connectivity index (χ3v) is 4.24. The van der Waals surface area contributed by atoms with Gasteiger partial charge in [-0.2, -0.15) is 0 Å². The van der Waals surface area contributed by atoms with Gasteiger partial charge in [-0.15, -0.1) is 0 Å². The quantitative estimate of drug-likeness (QED) is 0.603. The Labute approximate surface area is 149 Å². The van der Waals surface area contributed by atoms with Crippen LogP contribution < -0.4 is 14.8 Å². The van der Waals surface area contributed by atoms with Gasteiger partial charge in [-0.25, -0.2) is 0 Å². The van der Waals surface area contributed by atoms with E-state index in [9.17, 15) is 0 Å². The SMILES string of the molecule is CCOc1cc2nccc(Nc3ccccc3Br)c2cc1OCC. The molecule has 0 unspecified atom stereocenters. The Morgan fingerprint density at radius 3 is 2.38 bits per heavy atom. The third-order valence-electron chi connectivity index (χ3n) is 3.55. The number of para-hydroxylation sites is 1. The molecule has 2 aromatic carbocycles. The standard InChI is InChI=1S/C19H19BrN2O2/c1-3-23-18-11-13-15(22-16-8-6-5-7-14(16)20)9-10-21-17(13)12-19(18)24-4-2/h5-12H,3-4H2,1-2H3,(H,21,22). The molecule has 3 rings (SSSR count). The number of aromatic nitrogens is 1. The molecule has 1 N–H and O–H groups in total. The van der Waals surface area contributed by atoms with Crippen LogP contribution in [0.5, 0.6) is 11.5 Å². The van der Waals surface area contributed by atoms with Crippen molar-refractivity contribution in [3.8, 4) is 11.5 Å². The molecule has 0 aliphatic carbocycles. The molecule has 0 radical (unpaired) electrons. The fraction of sp³-hybridized carbons (Fsp3) is 0.211. The number of hydrogen-bond donors (Lipinski definition) is 1. The van der Waals surface area contributed by atoms with Crippen molar-refractivity contribution < 1.29 is 9.47 Å². The number of pyridine rings is 1. The summed E-state index contributed by atoms with van der Waals surface area (Å²) in [7, 11) is 0. The van der Waals surface area contributed by atoms with Gasteiger partial charge in [0.15, 0.2) is 11.5 Å². The summed E-state index contributed by atoms with van der Waals surface area (Å²) in [5.74, 6) is 1.45. The first kappa shape index (κ1) is 16.6. The fourth-order valence-corrected chi connectivity index (χ4v) is 2.89. The number of anilines is 2. The molecule has 0 fully saturated rings. The molecule has 0 spiro atoms. The minimum Gasteiger partial charge on any atom is -0.490 e. The molecule has 0 aliphatic rings. The van der Waals surface area contributed by atoms with Gasteiger partial charge in [0.2, 0.25) is 0 Å². The van der Waals surface area contributed by atoms with Crippen molar-refractivity contribution in [3.05, 3.63) is 53.1 Å². The number of halogens is 1. The molecule has 0 saturated heterocycles. The molecule has 1 aromatic heterocycles. The molecule has 1 heterocycles. The summed E-state index contributed by atoms with van der Waals surface area (Å²) in [6.45, 7) is 5.08. The van der Waals surface area contributed by atoms with Crippen LogP contribution in [0.15, 0.2) is 53.1 Å². The van der Waals surface area contributed by atoms with Crippen LogP contribution in [0.4, 0.5) is 11.4 Å². The second kappa shape index (κ2) is 7.53. The summed E-state index contributed by atoms with van der Waals surface area (Å²) >= 11 is 3.57. The van der Waals surface area contributed by atoms with Crippen molar-refractivity contribution in [3.63, 3.8) is 0 Å². The molecule has 0 saturated carbocycles. The van der Waals surface area contributed by atoms with E-state index in [1.807, 2.05) is 56.3 Å². The number of ether oxygens (including phenoxy) is 2. The van der Waals surface area contributed by atoms with Gasteiger partial charge in [-0.1, -0.05) is 12.1 Å². The zero-order chi connectivity index (χ0) is 16.9. The monoisotopic (exact) mass is 386 g/mol. The summed E-state index contributed by atoms with van der Waals surface area (Å²) in [5, 5.41) is 4.44. The first-order valence-corrected chi connectivity index (χ1v) is 8.72. The Kier molecular flexibility index (Phi) is 5.20. The normalized spacial score (nSPS) is 10.6. The summed E-state index contributed by atoms with van der Waals surface area (Å²) in [5.41, 5.74) is 2.83. The lowest BCUT2D eigenvalue weighted by molar-refractivity contribution is 0.288. The van der Waals surface area contributed by atoms with Crippen molar-refractivity contribution in [2.24, 2.45) is 0 Å². The number of nitrogens with one attached hydrogen (secondary N) is 1. The number of fused-ring (bicyclic) bond motifs is 1. The zero-order valence-electron chi connectivity index (χ0n) is 13.7. The minimum atomic E-state index is 0.582. The van der Waals surface area contributed by atoms with Gasteiger partial charge in [-0.05, 0) is 54.0 Å². The van der Waals surface area contributed by atoms with Crippen molar-refractivity contribution in [1.82, 2.24) is 4.98 Å². The molecule has 5 heteroatoms. The van der Waals surface area contributed by atoms with Crippen LogP contribution in [0.3, 0.4) is 0 Å². The highest BCUT2D eigenvalue weighted by atomic mass is 79.9. The number of benzene rings is 2. The largest absolute Gasteiger partial charge is 0.490 e. The lowest BCUT2D eigenvalue weighted by atomic mass is 10.1. The highest BCUT2D eigenvalue weighted by Crippen LogP contribution is 2.36. The molecule has 124 valence electrons. The second-order valence-electron chi connectivity index (χ2n) is 5.15. The van der Waals surface area contributed by atoms with Crippen LogP contribution in [0.25, 0.3) is 10.9 Å². The zero-order valence-corrected chi connectivity index (χ0v) is 15.3. The van der Waals surface area contributed by atoms with Gasteiger partial charge >= 0.3 is 0 Å². The van der Waals surface area contributed by atoms with Gasteiger partial charge in [0.25, 0.3) is 0 Å². The second-order valence-corrected chi connectivity index (χ2v) is 6.00. The Morgan fingerprint density at radius 1 is 0.958 bits per heavy atom. The lowest BCUT2D eigenvalue weighted by Crippen LogP contribution is -2.00. The van der Waals surface area contributed by atoms with E-state index in [4.69, 9.17) is 9.47 Å². The minimum absolute atomic E-state index is 0.582. The molecule has 0 bridgehead atoms. The van der Waals surface area contributed by atoms with Crippen LogP contribution in [-0.2, 0) is 0 Å². The van der Waals surface area contributed by atoms with Gasteiger partial charge < -0.3 is 14.8 Å². The van der Waals surface area contributed by atoms with Gasteiger partial charge in [0.05, 0.1) is 24.4 Å². The summed E-state index contributed by atoms with van der Waals surface area (Å²) in [6.07, 6.45) is 1.79. The average Bonchev–Trinajstić information content (AvgIpc) is 2.58. The van der Waals surface area contributed by atoms with Gasteiger partial charge in [0, 0.05) is 27.8 Å². The van der Waals surface area contributed by atoms with E-state index in [2.05, 4.69) is 26.2 Å². The molecule has 3 aromatic rings. The number of nitrogens with zero attached hydrogens (tertiary/aromatic N) is 1. The smallest absolute Gasteiger partial charge is 0.163 e. The lowest BCUT2D eigenvalue weighted by Gasteiger charge is -2.15. The maximum absolute atomic E-state index is 5.74. The maximum atomic E-state index is 5.74. The van der Waals surface area contributed by atoms with Crippen molar-refractivity contribution in [2.45, 2.75) is 13.8 Å². The van der Waals surface area contributed by atoms with Crippen molar-refractivity contribution in [1.29, 1.82) is 0 Å². The van der Waals surface area contributed by atoms with Crippen LogP contribution in [0.2, 0.25) is 0 Å². The van der Waals surface area contributed by atoms with E-state index < -0.39 is 0 Å². The molecular formula is C19H19BrN2O2. The molecule has 0 aliphatic heterocycles. The third kappa shape index (κ3) is 3.46. The summed E-state index contributed by atoms with van der Waals surface area (Å²) < 4.78 is 12.4. The van der Waals surface area contributed by atoms with Crippen LogP contribution in [0.1, 0.15) is 13.8 Å². The van der Waals surface area contributed by atoms with E-state index >= 15 is 0 Å². The van der Waals surface area contributed by atoms with Gasteiger partial charge in [0.1, 0.15) is 0 Å². The number of hydrogen-bond acceptors (Lipinski definition) is 4. The Bertz CT molecular complexity index is 852. The summed E-state index contributed by atoms with van der Waals surface area (Å²) in [6, 6.07) is 13.9.